The third kappa shape index (κ3) is 2.75. The van der Waals surface area contributed by atoms with Crippen molar-refractivity contribution in [3.05, 3.63) is 28.8 Å². The molecule has 0 heterocycles. The lowest BCUT2D eigenvalue weighted by Crippen LogP contribution is -2.34. The van der Waals surface area contributed by atoms with Crippen LogP contribution in [-0.2, 0) is 6.61 Å². The molecule has 1 aromatic carbocycles. The number of benzene rings is 1. The molecule has 0 spiro atoms. The first-order valence-electron chi connectivity index (χ1n) is 6.35. The summed E-state index contributed by atoms with van der Waals surface area (Å²) in [5.41, 5.74) is 1.93. The van der Waals surface area contributed by atoms with Gasteiger partial charge in [0.05, 0.1) is 17.3 Å². The van der Waals surface area contributed by atoms with Gasteiger partial charge in [-0.3, -0.25) is 0 Å². The van der Waals surface area contributed by atoms with Crippen molar-refractivity contribution >= 4 is 17.3 Å². The smallest absolute Gasteiger partial charge is 0.0702 e. The molecular formula is C14H20ClNO. The molecule has 94 valence electrons. The molecular weight excluding hydrogens is 234 g/mol. The minimum Gasteiger partial charge on any atom is -0.392 e. The molecule has 17 heavy (non-hydrogen) atoms. The SMILES string of the molecule is CN(c1c(Cl)cccc1CO)C1CCCCC1. The van der Waals surface area contributed by atoms with Gasteiger partial charge in [-0.1, -0.05) is 43.0 Å². The number of nitrogens with zero attached hydrogens (tertiary/aromatic N) is 1. The molecule has 0 aromatic heterocycles. The summed E-state index contributed by atoms with van der Waals surface area (Å²) in [6, 6.07) is 6.30. The van der Waals surface area contributed by atoms with Crippen molar-refractivity contribution in [2.45, 2.75) is 44.8 Å². The van der Waals surface area contributed by atoms with E-state index in [-0.39, 0.29) is 6.61 Å². The minimum absolute atomic E-state index is 0.0486. The van der Waals surface area contributed by atoms with Crippen molar-refractivity contribution in [1.29, 1.82) is 0 Å². The van der Waals surface area contributed by atoms with Crippen molar-refractivity contribution in [2.24, 2.45) is 0 Å². The van der Waals surface area contributed by atoms with Gasteiger partial charge in [-0.2, -0.15) is 0 Å². The van der Waals surface area contributed by atoms with Crippen LogP contribution in [0.2, 0.25) is 5.02 Å². The summed E-state index contributed by atoms with van der Waals surface area (Å²) in [7, 11) is 2.09. The average molecular weight is 254 g/mol. The van der Waals surface area contributed by atoms with E-state index in [4.69, 9.17) is 11.6 Å². The summed E-state index contributed by atoms with van der Waals surface area (Å²) >= 11 is 6.27. The number of aliphatic hydroxyl groups is 1. The molecule has 1 aliphatic carbocycles. The van der Waals surface area contributed by atoms with E-state index in [0.717, 1.165) is 16.3 Å². The van der Waals surface area contributed by atoms with E-state index in [1.165, 1.54) is 32.1 Å². The summed E-state index contributed by atoms with van der Waals surface area (Å²) < 4.78 is 0. The van der Waals surface area contributed by atoms with E-state index in [1.54, 1.807) is 0 Å². The topological polar surface area (TPSA) is 23.5 Å². The molecule has 0 aliphatic heterocycles. The molecule has 2 rings (SSSR count). The van der Waals surface area contributed by atoms with Crippen LogP contribution in [0.1, 0.15) is 37.7 Å². The highest BCUT2D eigenvalue weighted by atomic mass is 35.5. The number of rotatable bonds is 3. The molecule has 1 aliphatic rings. The standard InChI is InChI=1S/C14H20ClNO/c1-16(12-7-3-2-4-8-12)14-11(10-17)6-5-9-13(14)15/h5-6,9,12,17H,2-4,7-8,10H2,1H3. The molecule has 1 saturated carbocycles. The number of aliphatic hydroxyl groups excluding tert-OH is 1. The lowest BCUT2D eigenvalue weighted by atomic mass is 9.94. The summed E-state index contributed by atoms with van der Waals surface area (Å²) in [6.45, 7) is 0.0486. The Balaban J connectivity index is 2.25. The summed E-state index contributed by atoms with van der Waals surface area (Å²) in [5, 5.41) is 10.1. The minimum atomic E-state index is 0.0486. The van der Waals surface area contributed by atoms with Crippen molar-refractivity contribution in [3.63, 3.8) is 0 Å². The molecule has 0 unspecified atom stereocenters. The third-order valence-corrected chi connectivity index (χ3v) is 4.02. The van der Waals surface area contributed by atoms with Gasteiger partial charge in [-0.15, -0.1) is 0 Å². The van der Waals surface area contributed by atoms with Gasteiger partial charge in [0.1, 0.15) is 0 Å². The molecule has 1 N–H and O–H groups in total. The van der Waals surface area contributed by atoms with Crippen LogP contribution in [0.15, 0.2) is 18.2 Å². The second-order valence-corrected chi connectivity index (χ2v) is 5.22. The van der Waals surface area contributed by atoms with Crippen LogP contribution in [0.5, 0.6) is 0 Å². The van der Waals surface area contributed by atoms with Crippen LogP contribution in [0.3, 0.4) is 0 Å². The normalized spacial score (nSPS) is 17.1. The predicted octanol–water partition coefficient (Wildman–Crippen LogP) is 3.60. The van der Waals surface area contributed by atoms with Gasteiger partial charge < -0.3 is 10.0 Å². The van der Waals surface area contributed by atoms with Crippen molar-refractivity contribution in [2.75, 3.05) is 11.9 Å². The molecule has 1 aromatic rings. The molecule has 0 saturated heterocycles. The second-order valence-electron chi connectivity index (χ2n) is 4.81. The Kier molecular flexibility index (Phi) is 4.30. The largest absolute Gasteiger partial charge is 0.392 e. The zero-order valence-electron chi connectivity index (χ0n) is 10.3. The number of anilines is 1. The van der Waals surface area contributed by atoms with Crippen molar-refractivity contribution < 1.29 is 5.11 Å². The summed E-state index contributed by atoms with van der Waals surface area (Å²) in [6.07, 6.45) is 6.40. The molecule has 2 nitrogen and oxygen atoms in total. The molecule has 0 atom stereocenters. The average Bonchev–Trinajstić information content (AvgIpc) is 2.38. The lowest BCUT2D eigenvalue weighted by molar-refractivity contribution is 0.281. The van der Waals surface area contributed by atoms with Gasteiger partial charge in [0.15, 0.2) is 0 Å². The Morgan fingerprint density at radius 1 is 1.29 bits per heavy atom. The molecule has 1 fully saturated rings. The summed E-state index contributed by atoms with van der Waals surface area (Å²) in [4.78, 5) is 2.26. The van der Waals surface area contributed by atoms with E-state index < -0.39 is 0 Å². The molecule has 0 bridgehead atoms. The fourth-order valence-electron chi connectivity index (χ4n) is 2.73. The zero-order valence-corrected chi connectivity index (χ0v) is 11.1. The Morgan fingerprint density at radius 2 is 2.00 bits per heavy atom. The van der Waals surface area contributed by atoms with Gasteiger partial charge in [0.2, 0.25) is 0 Å². The van der Waals surface area contributed by atoms with E-state index in [1.807, 2.05) is 18.2 Å². The van der Waals surface area contributed by atoms with Crippen LogP contribution in [0, 0.1) is 0 Å². The molecule has 0 amide bonds. The highest BCUT2D eigenvalue weighted by Gasteiger charge is 2.21. The number of hydrogen-bond donors (Lipinski definition) is 1. The lowest BCUT2D eigenvalue weighted by Gasteiger charge is -2.34. The van der Waals surface area contributed by atoms with Gasteiger partial charge in [0, 0.05) is 18.7 Å². The number of para-hydroxylation sites is 1. The highest BCUT2D eigenvalue weighted by molar-refractivity contribution is 6.33. The van der Waals surface area contributed by atoms with E-state index in [0.29, 0.717) is 6.04 Å². The maximum Gasteiger partial charge on any atom is 0.0702 e. The first-order valence-corrected chi connectivity index (χ1v) is 6.73. The van der Waals surface area contributed by atoms with Crippen molar-refractivity contribution in [3.8, 4) is 0 Å². The maximum absolute atomic E-state index is 9.40. The first kappa shape index (κ1) is 12.7. The van der Waals surface area contributed by atoms with Crippen LogP contribution >= 0.6 is 11.6 Å². The van der Waals surface area contributed by atoms with Gasteiger partial charge >= 0.3 is 0 Å². The van der Waals surface area contributed by atoms with Crippen LogP contribution in [0.4, 0.5) is 5.69 Å². The number of halogens is 1. The summed E-state index contributed by atoms with van der Waals surface area (Å²) in [5.74, 6) is 0. The van der Waals surface area contributed by atoms with Crippen LogP contribution in [-0.4, -0.2) is 18.2 Å². The van der Waals surface area contributed by atoms with E-state index in [9.17, 15) is 5.11 Å². The Labute approximate surface area is 108 Å². The fourth-order valence-corrected chi connectivity index (χ4v) is 3.06. The quantitative estimate of drug-likeness (QED) is 0.890. The fraction of sp³-hybridized carbons (Fsp3) is 0.571. The zero-order chi connectivity index (χ0) is 12.3. The molecule has 0 radical (unpaired) electrons. The Morgan fingerprint density at radius 3 is 2.65 bits per heavy atom. The van der Waals surface area contributed by atoms with E-state index in [2.05, 4.69) is 11.9 Å². The Hall–Kier alpha value is -0.730. The van der Waals surface area contributed by atoms with Gasteiger partial charge in [-0.25, -0.2) is 0 Å². The van der Waals surface area contributed by atoms with Gasteiger partial charge in [-0.05, 0) is 18.9 Å². The Bertz CT molecular complexity index is 374. The number of hydrogen-bond acceptors (Lipinski definition) is 2. The molecule has 3 heteroatoms. The van der Waals surface area contributed by atoms with E-state index >= 15 is 0 Å². The van der Waals surface area contributed by atoms with Crippen molar-refractivity contribution in [1.82, 2.24) is 0 Å². The van der Waals surface area contributed by atoms with Gasteiger partial charge in [0.25, 0.3) is 0 Å². The monoisotopic (exact) mass is 253 g/mol. The first-order chi connectivity index (χ1) is 8.24. The predicted molar refractivity (Wildman–Crippen MR) is 72.7 cm³/mol. The van der Waals surface area contributed by atoms with Crippen LogP contribution in [0.25, 0.3) is 0 Å². The van der Waals surface area contributed by atoms with Crippen LogP contribution < -0.4 is 4.90 Å². The third-order valence-electron chi connectivity index (χ3n) is 3.72. The maximum atomic E-state index is 9.40. The second kappa shape index (κ2) is 5.74. The highest BCUT2D eigenvalue weighted by Crippen LogP contribution is 2.33.